The predicted molar refractivity (Wildman–Crippen MR) is 154 cm³/mol. The van der Waals surface area contributed by atoms with Gasteiger partial charge < -0.3 is 14.2 Å². The van der Waals surface area contributed by atoms with E-state index in [1.807, 2.05) is 91.0 Å². The Labute approximate surface area is 224 Å². The van der Waals surface area contributed by atoms with E-state index in [-0.39, 0.29) is 0 Å². The number of hydrogen-bond acceptors (Lipinski definition) is 3. The van der Waals surface area contributed by atoms with Gasteiger partial charge in [0.25, 0.3) is 0 Å². The minimum Gasteiger partial charge on any atom is -0.489 e. The highest BCUT2D eigenvalue weighted by molar-refractivity contribution is 5.71. The molecule has 0 spiro atoms. The van der Waals surface area contributed by atoms with Crippen molar-refractivity contribution in [2.45, 2.75) is 19.8 Å². The minimum absolute atomic E-state index is 0.493. The van der Waals surface area contributed by atoms with Crippen LogP contribution in [0.4, 0.5) is 0 Å². The molecule has 38 heavy (non-hydrogen) atoms. The normalized spacial score (nSPS) is 10.8. The average Bonchev–Trinajstić information content (AvgIpc) is 2.99. The maximum Gasteiger partial charge on any atom is 0.124 e. The SMILES string of the molecule is C(=C\c1cc(OCc2ccccc2)cc(OCc2ccccc2)c1)/c1cccc(OCc2ccccc2)c1. The van der Waals surface area contributed by atoms with Crippen LogP contribution >= 0.6 is 0 Å². The lowest BCUT2D eigenvalue weighted by molar-refractivity contribution is 0.290. The molecule has 0 atom stereocenters. The van der Waals surface area contributed by atoms with Gasteiger partial charge in [-0.2, -0.15) is 0 Å². The zero-order chi connectivity index (χ0) is 25.8. The molecule has 188 valence electrons. The van der Waals surface area contributed by atoms with Crippen molar-refractivity contribution in [3.05, 3.63) is 161 Å². The lowest BCUT2D eigenvalue weighted by atomic mass is 10.1. The standard InChI is InChI=1S/C35H30O3/c1-4-11-29(12-5-1)25-36-33-18-10-17-28(21-33)19-20-32-22-34(37-26-30-13-6-2-7-14-30)24-35(23-32)38-27-31-15-8-3-9-16-31/h1-24H,25-27H2/b20-19+. The summed E-state index contributed by atoms with van der Waals surface area (Å²) >= 11 is 0. The van der Waals surface area contributed by atoms with E-state index in [1.54, 1.807) is 0 Å². The van der Waals surface area contributed by atoms with Crippen LogP contribution in [0.3, 0.4) is 0 Å². The second-order valence-corrected chi connectivity index (χ2v) is 8.97. The van der Waals surface area contributed by atoms with Crippen molar-refractivity contribution in [1.82, 2.24) is 0 Å². The molecule has 0 fully saturated rings. The highest BCUT2D eigenvalue weighted by Crippen LogP contribution is 2.26. The van der Waals surface area contributed by atoms with Crippen molar-refractivity contribution in [3.8, 4) is 17.2 Å². The first-order valence-electron chi connectivity index (χ1n) is 12.7. The molecule has 5 rings (SSSR count). The van der Waals surface area contributed by atoms with E-state index in [1.165, 1.54) is 0 Å². The molecule has 0 saturated heterocycles. The van der Waals surface area contributed by atoms with Crippen LogP contribution in [0.25, 0.3) is 12.2 Å². The van der Waals surface area contributed by atoms with Crippen molar-refractivity contribution >= 4 is 12.2 Å². The maximum atomic E-state index is 6.14. The number of benzene rings is 5. The zero-order valence-electron chi connectivity index (χ0n) is 21.2. The molecule has 0 radical (unpaired) electrons. The molecule has 0 bridgehead atoms. The van der Waals surface area contributed by atoms with Crippen molar-refractivity contribution in [2.24, 2.45) is 0 Å². The van der Waals surface area contributed by atoms with Crippen LogP contribution in [0.1, 0.15) is 27.8 Å². The van der Waals surface area contributed by atoms with Crippen molar-refractivity contribution < 1.29 is 14.2 Å². The molecule has 5 aromatic rings. The summed E-state index contributed by atoms with van der Waals surface area (Å²) < 4.78 is 18.3. The molecule has 0 aliphatic rings. The molecule has 0 amide bonds. The second-order valence-electron chi connectivity index (χ2n) is 8.97. The van der Waals surface area contributed by atoms with Gasteiger partial charge in [-0.25, -0.2) is 0 Å². The molecular formula is C35H30O3. The highest BCUT2D eigenvalue weighted by Gasteiger charge is 2.04. The summed E-state index contributed by atoms with van der Waals surface area (Å²) in [5.41, 5.74) is 5.43. The number of rotatable bonds is 11. The van der Waals surface area contributed by atoms with E-state index in [9.17, 15) is 0 Å². The van der Waals surface area contributed by atoms with Crippen molar-refractivity contribution in [1.29, 1.82) is 0 Å². The summed E-state index contributed by atoms with van der Waals surface area (Å²) in [6, 6.07) is 44.6. The van der Waals surface area contributed by atoms with Gasteiger partial charge in [-0.3, -0.25) is 0 Å². The molecule has 3 heteroatoms. The third kappa shape index (κ3) is 7.62. The van der Waals surface area contributed by atoms with Crippen molar-refractivity contribution in [2.75, 3.05) is 0 Å². The molecule has 0 aliphatic heterocycles. The first-order valence-corrected chi connectivity index (χ1v) is 12.7. The van der Waals surface area contributed by atoms with E-state index in [4.69, 9.17) is 14.2 Å². The van der Waals surface area contributed by atoms with E-state index in [0.29, 0.717) is 19.8 Å². The highest BCUT2D eigenvalue weighted by atomic mass is 16.5. The van der Waals surface area contributed by atoms with Crippen LogP contribution in [0.2, 0.25) is 0 Å². The van der Waals surface area contributed by atoms with Gasteiger partial charge in [0.2, 0.25) is 0 Å². The summed E-state index contributed by atoms with van der Waals surface area (Å²) in [7, 11) is 0. The van der Waals surface area contributed by atoms with Crippen LogP contribution in [0.5, 0.6) is 17.2 Å². The fraction of sp³-hybridized carbons (Fsp3) is 0.0857. The summed E-state index contributed by atoms with van der Waals surface area (Å²) in [6.45, 7) is 1.52. The van der Waals surface area contributed by atoms with Gasteiger partial charge >= 0.3 is 0 Å². The molecule has 0 heterocycles. The minimum atomic E-state index is 0.493. The van der Waals surface area contributed by atoms with Gasteiger partial charge in [0.1, 0.15) is 37.1 Å². The van der Waals surface area contributed by atoms with Gasteiger partial charge in [-0.15, -0.1) is 0 Å². The Bertz CT molecular complexity index is 1380. The predicted octanol–water partition coefficient (Wildman–Crippen LogP) is 8.59. The quantitative estimate of drug-likeness (QED) is 0.171. The molecule has 0 unspecified atom stereocenters. The van der Waals surface area contributed by atoms with Crippen LogP contribution in [-0.4, -0.2) is 0 Å². The Kier molecular flexibility index (Phi) is 8.51. The summed E-state index contributed by atoms with van der Waals surface area (Å²) in [6.07, 6.45) is 4.15. The average molecular weight is 499 g/mol. The van der Waals surface area contributed by atoms with Gasteiger partial charge in [-0.05, 0) is 52.1 Å². The van der Waals surface area contributed by atoms with Gasteiger partial charge in [0, 0.05) is 6.07 Å². The molecule has 3 nitrogen and oxygen atoms in total. The smallest absolute Gasteiger partial charge is 0.124 e. The topological polar surface area (TPSA) is 27.7 Å². The summed E-state index contributed by atoms with van der Waals surface area (Å²) in [4.78, 5) is 0. The van der Waals surface area contributed by atoms with Gasteiger partial charge in [-0.1, -0.05) is 115 Å². The number of ether oxygens (including phenoxy) is 3. The summed E-state index contributed by atoms with van der Waals surface area (Å²) in [5.74, 6) is 2.36. The largest absolute Gasteiger partial charge is 0.489 e. The molecule has 0 aromatic heterocycles. The molecule has 0 aliphatic carbocycles. The Morgan fingerprint density at radius 2 is 0.789 bits per heavy atom. The van der Waals surface area contributed by atoms with E-state index >= 15 is 0 Å². The van der Waals surface area contributed by atoms with Crippen molar-refractivity contribution in [3.63, 3.8) is 0 Å². The summed E-state index contributed by atoms with van der Waals surface area (Å²) in [5, 5.41) is 0. The molecular weight excluding hydrogens is 468 g/mol. The fourth-order valence-electron chi connectivity index (χ4n) is 3.98. The fourth-order valence-corrected chi connectivity index (χ4v) is 3.98. The Morgan fingerprint density at radius 1 is 0.368 bits per heavy atom. The molecule has 0 saturated carbocycles. The van der Waals surface area contributed by atoms with Crippen LogP contribution in [0.15, 0.2) is 133 Å². The molecule has 0 N–H and O–H groups in total. The first kappa shape index (κ1) is 24.9. The van der Waals surface area contributed by atoms with Gasteiger partial charge in [0.15, 0.2) is 0 Å². The third-order valence-electron chi connectivity index (χ3n) is 5.97. The maximum absolute atomic E-state index is 6.14. The Balaban J connectivity index is 1.31. The number of hydrogen-bond donors (Lipinski definition) is 0. The van der Waals surface area contributed by atoms with Crippen LogP contribution in [-0.2, 0) is 19.8 Å². The lowest BCUT2D eigenvalue weighted by Crippen LogP contribution is -1.98. The van der Waals surface area contributed by atoms with Crippen LogP contribution < -0.4 is 14.2 Å². The Morgan fingerprint density at radius 3 is 1.29 bits per heavy atom. The van der Waals surface area contributed by atoms with Crippen LogP contribution in [0, 0.1) is 0 Å². The van der Waals surface area contributed by atoms with E-state index in [0.717, 1.165) is 45.1 Å². The second kappa shape index (κ2) is 13.0. The first-order chi connectivity index (χ1) is 18.8. The Hall–Kier alpha value is -4.76. The lowest BCUT2D eigenvalue weighted by Gasteiger charge is -2.12. The molecule has 5 aromatic carbocycles. The zero-order valence-corrected chi connectivity index (χ0v) is 21.2. The van der Waals surface area contributed by atoms with Gasteiger partial charge in [0.05, 0.1) is 0 Å². The van der Waals surface area contributed by atoms with E-state index in [2.05, 4.69) is 54.6 Å². The third-order valence-corrected chi connectivity index (χ3v) is 5.97. The monoisotopic (exact) mass is 498 g/mol. The van der Waals surface area contributed by atoms with E-state index < -0.39 is 0 Å².